The number of benzene rings is 1. The zero-order valence-corrected chi connectivity index (χ0v) is 15.7. The van der Waals surface area contributed by atoms with Gasteiger partial charge >= 0.3 is 0 Å². The fourth-order valence-corrected chi connectivity index (χ4v) is 3.05. The largest absolute Gasteiger partial charge is 0.363 e. The van der Waals surface area contributed by atoms with E-state index in [1.807, 2.05) is 0 Å². The summed E-state index contributed by atoms with van der Waals surface area (Å²) in [6.45, 7) is 1.30. The van der Waals surface area contributed by atoms with Crippen LogP contribution in [0.4, 0.5) is 19.3 Å². The minimum Gasteiger partial charge on any atom is -0.363 e. The molecule has 28 heavy (non-hydrogen) atoms. The van der Waals surface area contributed by atoms with Crippen molar-refractivity contribution >= 4 is 29.5 Å². The Kier molecular flexibility index (Phi) is 6.09. The number of nitrogens with one attached hydrogen (secondary N) is 1. The van der Waals surface area contributed by atoms with Crippen molar-refractivity contribution in [1.29, 1.82) is 0 Å². The Morgan fingerprint density at radius 2 is 1.82 bits per heavy atom. The Morgan fingerprint density at radius 1 is 1.18 bits per heavy atom. The molecule has 2 amide bonds. The minimum absolute atomic E-state index is 0.0883. The van der Waals surface area contributed by atoms with Gasteiger partial charge in [0.25, 0.3) is 5.24 Å². The quantitative estimate of drug-likeness (QED) is 0.611. The number of carbonyl (C=O) groups is 2. The van der Waals surface area contributed by atoms with Gasteiger partial charge in [-0.05, 0) is 0 Å². The van der Waals surface area contributed by atoms with Crippen LogP contribution < -0.4 is 16.0 Å². The lowest BCUT2D eigenvalue weighted by Gasteiger charge is -2.36. The van der Waals surface area contributed by atoms with Crippen molar-refractivity contribution in [3.05, 3.63) is 35.7 Å². The van der Waals surface area contributed by atoms with Crippen molar-refractivity contribution in [3.63, 3.8) is 0 Å². The van der Waals surface area contributed by atoms with Crippen LogP contribution in [-0.4, -0.2) is 63.8 Å². The highest BCUT2D eigenvalue weighted by Crippen LogP contribution is 2.27. The normalized spacial score (nSPS) is 14.3. The predicted molar refractivity (Wildman–Crippen MR) is 100 cm³/mol. The number of rotatable bonds is 5. The van der Waals surface area contributed by atoms with E-state index in [4.69, 9.17) is 5.73 Å². The number of nitrogens with zero attached hydrogens (tertiary/aromatic N) is 5. The Morgan fingerprint density at radius 3 is 2.39 bits per heavy atom. The lowest BCUT2D eigenvalue weighted by atomic mass is 10.2. The molecule has 3 rings (SSSR count). The number of anilines is 1. The first-order valence-corrected chi connectivity index (χ1v) is 8.94. The number of halogens is 2. The van der Waals surface area contributed by atoms with Crippen LogP contribution >= 0.6 is 12.6 Å². The third kappa shape index (κ3) is 4.39. The molecule has 1 aliphatic rings. The van der Waals surface area contributed by atoms with E-state index in [0.717, 1.165) is 12.1 Å². The van der Waals surface area contributed by atoms with Crippen LogP contribution in [0.25, 0.3) is 5.69 Å². The monoisotopic (exact) mass is 411 g/mol. The highest BCUT2D eigenvalue weighted by atomic mass is 32.1. The van der Waals surface area contributed by atoms with Crippen LogP contribution in [0.15, 0.2) is 18.3 Å². The van der Waals surface area contributed by atoms with Crippen molar-refractivity contribution in [2.75, 3.05) is 37.6 Å². The van der Waals surface area contributed by atoms with Crippen LogP contribution in [0.3, 0.4) is 0 Å². The van der Waals surface area contributed by atoms with Gasteiger partial charge in [0.15, 0.2) is 11.6 Å². The number of thiol groups is 1. The van der Waals surface area contributed by atoms with E-state index in [0.29, 0.717) is 31.9 Å². The molecule has 3 N–H and O–H groups in total. The molecule has 0 bridgehead atoms. The van der Waals surface area contributed by atoms with E-state index >= 15 is 0 Å². The topological polar surface area (TPSA) is 109 Å². The molecule has 0 unspecified atom stereocenters. The van der Waals surface area contributed by atoms with E-state index in [1.165, 1.54) is 10.9 Å². The van der Waals surface area contributed by atoms with Crippen LogP contribution in [0.1, 0.15) is 5.69 Å². The van der Waals surface area contributed by atoms with Gasteiger partial charge in [0.1, 0.15) is 11.4 Å². The zero-order valence-electron chi connectivity index (χ0n) is 14.8. The van der Waals surface area contributed by atoms with E-state index in [-0.39, 0.29) is 30.4 Å². The second kappa shape index (κ2) is 8.52. The van der Waals surface area contributed by atoms with Gasteiger partial charge in [-0.15, -0.1) is 5.10 Å². The van der Waals surface area contributed by atoms with Gasteiger partial charge in [0.2, 0.25) is 5.91 Å². The predicted octanol–water partition coefficient (Wildman–Crippen LogP) is 0.292. The maximum atomic E-state index is 14.7. The summed E-state index contributed by atoms with van der Waals surface area (Å²) in [4.78, 5) is 25.6. The molecule has 12 heteroatoms. The number of carbonyl (C=O) groups excluding carboxylic acids is 2. The Balaban J connectivity index is 1.75. The van der Waals surface area contributed by atoms with E-state index in [1.54, 1.807) is 9.80 Å². The minimum atomic E-state index is -0.741. The summed E-state index contributed by atoms with van der Waals surface area (Å²) < 4.78 is 30.5. The summed E-state index contributed by atoms with van der Waals surface area (Å²) in [5.41, 5.74) is 5.76. The van der Waals surface area contributed by atoms with Crippen LogP contribution in [0, 0.1) is 11.6 Å². The first kappa shape index (κ1) is 20.0. The molecule has 0 saturated carbocycles. The molecule has 2 heterocycles. The molecular weight excluding hydrogens is 392 g/mol. The van der Waals surface area contributed by atoms with Crippen molar-refractivity contribution in [2.45, 2.75) is 6.54 Å². The van der Waals surface area contributed by atoms with E-state index in [9.17, 15) is 18.4 Å². The summed E-state index contributed by atoms with van der Waals surface area (Å²) in [7, 11) is 0. The Labute approximate surface area is 164 Å². The molecule has 150 valence electrons. The molecule has 1 aliphatic heterocycles. The number of hydrogen-bond donors (Lipinski definition) is 3. The van der Waals surface area contributed by atoms with Gasteiger partial charge in [-0.2, -0.15) is 0 Å². The molecule has 1 saturated heterocycles. The number of nitrogens with two attached hydrogens (primary N) is 1. The highest BCUT2D eigenvalue weighted by molar-refractivity contribution is 7.96. The molecule has 0 spiro atoms. The number of hydrogen-bond acceptors (Lipinski definition) is 6. The highest BCUT2D eigenvalue weighted by Gasteiger charge is 2.25. The van der Waals surface area contributed by atoms with Crippen LogP contribution in [-0.2, 0) is 11.3 Å². The summed E-state index contributed by atoms with van der Waals surface area (Å²) in [5.74, 6) is -1.67. The SMILES string of the molecule is NCC(=O)N1CCN(c2c(F)cc(-n3cc(CNC(=O)S)nn3)cc2F)CC1. The fraction of sp³-hybridized carbons (Fsp3) is 0.375. The van der Waals surface area contributed by atoms with Gasteiger partial charge in [0, 0.05) is 38.3 Å². The molecule has 9 nitrogen and oxygen atoms in total. The first-order valence-electron chi connectivity index (χ1n) is 8.49. The number of amides is 2. The molecule has 1 aromatic carbocycles. The molecule has 2 aromatic rings. The molecule has 1 aromatic heterocycles. The summed E-state index contributed by atoms with van der Waals surface area (Å²) in [6.07, 6.45) is 1.45. The van der Waals surface area contributed by atoms with Crippen LogP contribution in [0.2, 0.25) is 0 Å². The van der Waals surface area contributed by atoms with Crippen molar-refractivity contribution in [1.82, 2.24) is 25.2 Å². The second-order valence-corrected chi connectivity index (χ2v) is 6.55. The van der Waals surface area contributed by atoms with Gasteiger partial charge in [-0.25, -0.2) is 13.5 Å². The van der Waals surface area contributed by atoms with Gasteiger partial charge in [-0.1, -0.05) is 17.8 Å². The Hall–Kier alpha value is -2.73. The first-order chi connectivity index (χ1) is 13.4. The average molecular weight is 411 g/mol. The molecule has 0 aliphatic carbocycles. The van der Waals surface area contributed by atoms with Crippen LogP contribution in [0.5, 0.6) is 0 Å². The average Bonchev–Trinajstić information content (AvgIpc) is 3.15. The molecule has 0 radical (unpaired) electrons. The number of piperazine rings is 1. The van der Waals surface area contributed by atoms with E-state index < -0.39 is 16.9 Å². The maximum absolute atomic E-state index is 14.7. The standard InChI is InChI=1S/C16H19F2N7O2S/c17-12-5-11(25-9-10(21-22-25)8-20-16(27)28)6-13(18)15(12)24-3-1-23(2-4-24)14(26)7-19/h5-6,9H,1-4,7-8,19H2,(H2,20,27,28). The summed E-state index contributed by atoms with van der Waals surface area (Å²) in [5, 5.41) is 9.56. The third-order valence-electron chi connectivity index (χ3n) is 4.35. The zero-order chi connectivity index (χ0) is 20.3. The fourth-order valence-electron chi connectivity index (χ4n) is 2.97. The summed E-state index contributed by atoms with van der Waals surface area (Å²) >= 11 is 3.58. The van der Waals surface area contributed by atoms with E-state index in [2.05, 4.69) is 28.3 Å². The second-order valence-electron chi connectivity index (χ2n) is 6.14. The molecular formula is C16H19F2N7O2S. The smallest absolute Gasteiger partial charge is 0.276 e. The number of aromatic nitrogens is 3. The van der Waals surface area contributed by atoms with Gasteiger partial charge < -0.3 is 20.9 Å². The van der Waals surface area contributed by atoms with Crippen molar-refractivity contribution in [2.24, 2.45) is 5.73 Å². The lowest BCUT2D eigenvalue weighted by Crippen LogP contribution is -2.50. The van der Waals surface area contributed by atoms with Gasteiger partial charge in [-0.3, -0.25) is 9.59 Å². The third-order valence-corrected chi connectivity index (χ3v) is 4.51. The van der Waals surface area contributed by atoms with Crippen molar-refractivity contribution < 1.29 is 18.4 Å². The summed E-state index contributed by atoms with van der Waals surface area (Å²) in [6, 6.07) is 2.32. The molecule has 0 atom stereocenters. The Bertz CT molecular complexity index is 861. The lowest BCUT2D eigenvalue weighted by molar-refractivity contribution is -0.129. The molecule has 1 fully saturated rings. The maximum Gasteiger partial charge on any atom is 0.276 e. The van der Waals surface area contributed by atoms with Crippen molar-refractivity contribution in [3.8, 4) is 5.69 Å². The van der Waals surface area contributed by atoms with Gasteiger partial charge in [0.05, 0.1) is 25.0 Å².